The third-order valence-corrected chi connectivity index (χ3v) is 9.44. The van der Waals surface area contributed by atoms with Crippen LogP contribution < -0.4 is 4.90 Å². The molecule has 1 saturated heterocycles. The van der Waals surface area contributed by atoms with Crippen LogP contribution >= 0.6 is 0 Å². The van der Waals surface area contributed by atoms with Crippen molar-refractivity contribution in [2.24, 2.45) is 0 Å². The number of imide groups is 1. The van der Waals surface area contributed by atoms with Crippen LogP contribution in [0.25, 0.3) is 0 Å². The van der Waals surface area contributed by atoms with E-state index in [0.717, 1.165) is 28.9 Å². The van der Waals surface area contributed by atoms with Crippen LogP contribution in [-0.4, -0.2) is 36.6 Å². The van der Waals surface area contributed by atoms with Crippen molar-refractivity contribution < 1.29 is 18.0 Å². The van der Waals surface area contributed by atoms with E-state index in [4.69, 9.17) is 5.26 Å². The van der Waals surface area contributed by atoms with Gasteiger partial charge < -0.3 is 0 Å². The lowest BCUT2D eigenvalue weighted by molar-refractivity contribution is -0.122. The highest BCUT2D eigenvalue weighted by Gasteiger charge is 2.50. The Morgan fingerprint density at radius 3 is 2.06 bits per heavy atom. The number of hydrogen-bond acceptors (Lipinski definition) is 5. The number of hydrogen-bond donors (Lipinski definition) is 0. The normalized spacial score (nSPS) is 19.3. The van der Waals surface area contributed by atoms with Crippen molar-refractivity contribution >= 4 is 27.5 Å². The lowest BCUT2D eigenvalue weighted by atomic mass is 10.0. The fourth-order valence-electron chi connectivity index (χ4n) is 5.22. The molecule has 4 rings (SSSR count). The predicted octanol–water partition coefficient (Wildman–Crippen LogP) is 4.06. The molecule has 178 valence electrons. The Balaban J connectivity index is 1.81. The smallest absolute Gasteiger partial charge is 0.252 e. The van der Waals surface area contributed by atoms with Gasteiger partial charge in [-0.3, -0.25) is 9.59 Å². The maximum Gasteiger partial charge on any atom is 0.252 e. The molecule has 0 N–H and O–H groups in total. The van der Waals surface area contributed by atoms with Gasteiger partial charge in [-0.25, -0.2) is 13.3 Å². The van der Waals surface area contributed by atoms with Crippen LogP contribution in [0, 0.1) is 39.0 Å². The highest BCUT2D eigenvalue weighted by molar-refractivity contribution is 7.89. The first kappa shape index (κ1) is 24.1. The first-order valence-corrected chi connectivity index (χ1v) is 13.0. The van der Waals surface area contributed by atoms with Crippen molar-refractivity contribution in [3.05, 3.63) is 58.1 Å². The number of sulfonamides is 1. The predicted molar refractivity (Wildman–Crippen MR) is 129 cm³/mol. The summed E-state index contributed by atoms with van der Waals surface area (Å²) < 4.78 is 29.8. The minimum Gasteiger partial charge on any atom is -0.274 e. The summed E-state index contributed by atoms with van der Waals surface area (Å²) in [5.74, 6) is -0.975. The monoisotopic (exact) mass is 479 g/mol. The molecule has 2 aliphatic rings. The molecule has 7 nitrogen and oxygen atoms in total. The molecule has 1 aliphatic heterocycles. The molecule has 1 unspecified atom stereocenters. The number of nitriles is 1. The van der Waals surface area contributed by atoms with E-state index in [0.29, 0.717) is 35.2 Å². The average molecular weight is 480 g/mol. The number of aryl methyl sites for hydroxylation is 2. The molecule has 0 radical (unpaired) electrons. The van der Waals surface area contributed by atoms with Crippen molar-refractivity contribution in [1.29, 1.82) is 5.26 Å². The largest absolute Gasteiger partial charge is 0.274 e. The Morgan fingerprint density at radius 1 is 0.971 bits per heavy atom. The minimum atomic E-state index is -4.06. The van der Waals surface area contributed by atoms with Gasteiger partial charge in [-0.1, -0.05) is 18.9 Å². The Morgan fingerprint density at radius 2 is 1.53 bits per heavy atom. The summed E-state index contributed by atoms with van der Waals surface area (Å²) in [6.45, 7) is 7.37. The zero-order chi connectivity index (χ0) is 24.8. The molecule has 1 saturated carbocycles. The molecule has 1 aliphatic carbocycles. The minimum absolute atomic E-state index is 0.197. The summed E-state index contributed by atoms with van der Waals surface area (Å²) in [7, 11) is -4.06. The number of amides is 2. The van der Waals surface area contributed by atoms with Gasteiger partial charge in [0.25, 0.3) is 5.91 Å². The van der Waals surface area contributed by atoms with E-state index < -0.39 is 27.9 Å². The number of rotatable bonds is 5. The molecule has 0 aromatic heterocycles. The van der Waals surface area contributed by atoms with Crippen molar-refractivity contribution in [3.63, 3.8) is 0 Å². The van der Waals surface area contributed by atoms with Gasteiger partial charge >= 0.3 is 0 Å². The third kappa shape index (κ3) is 3.93. The summed E-state index contributed by atoms with van der Waals surface area (Å²) in [5.41, 5.74) is 3.86. The summed E-state index contributed by atoms with van der Waals surface area (Å²) in [6, 6.07) is 8.74. The molecule has 2 amide bonds. The maximum atomic E-state index is 14.2. The van der Waals surface area contributed by atoms with E-state index in [1.807, 2.05) is 26.0 Å². The van der Waals surface area contributed by atoms with E-state index in [1.54, 1.807) is 26.0 Å². The van der Waals surface area contributed by atoms with E-state index >= 15 is 0 Å². The quantitative estimate of drug-likeness (QED) is 0.603. The lowest BCUT2D eigenvalue weighted by Crippen LogP contribution is -2.50. The van der Waals surface area contributed by atoms with Gasteiger partial charge in [0.05, 0.1) is 28.6 Å². The number of nitrogens with zero attached hydrogens (tertiary/aromatic N) is 3. The first-order valence-electron chi connectivity index (χ1n) is 11.6. The van der Waals surface area contributed by atoms with Crippen molar-refractivity contribution in [3.8, 4) is 6.07 Å². The first-order chi connectivity index (χ1) is 16.1. The standard InChI is InChI=1S/C26H29N3O4S/c1-16-13-17(2)19(4)25(18(16)3)34(32,33)29(22-7-5-6-8-22)23-14-24(30)28(26(23)31)21-11-9-20(15-27)10-12-21/h9-13,22-23H,5-8,14H2,1-4H3. The topological polar surface area (TPSA) is 98.6 Å². The van der Waals surface area contributed by atoms with Crippen LogP contribution in [0.5, 0.6) is 0 Å². The molecule has 1 atom stereocenters. The molecule has 2 aromatic rings. The van der Waals surface area contributed by atoms with E-state index in [-0.39, 0.29) is 17.4 Å². The highest BCUT2D eigenvalue weighted by Crippen LogP contribution is 2.38. The van der Waals surface area contributed by atoms with E-state index in [9.17, 15) is 18.0 Å². The molecule has 2 fully saturated rings. The number of carbonyl (C=O) groups excluding carboxylic acids is 2. The second-order valence-electron chi connectivity index (χ2n) is 9.31. The average Bonchev–Trinajstić information content (AvgIpc) is 3.41. The Bertz CT molecular complexity index is 1280. The van der Waals surface area contributed by atoms with Crippen LogP contribution in [0.15, 0.2) is 35.2 Å². The molecule has 1 heterocycles. The second kappa shape index (κ2) is 8.97. The van der Waals surface area contributed by atoms with Gasteiger partial charge in [0.1, 0.15) is 6.04 Å². The highest BCUT2D eigenvalue weighted by atomic mass is 32.2. The molecule has 2 aromatic carbocycles. The molecule has 0 bridgehead atoms. The van der Waals surface area contributed by atoms with Gasteiger partial charge in [0, 0.05) is 6.04 Å². The zero-order valence-corrected chi connectivity index (χ0v) is 20.8. The van der Waals surface area contributed by atoms with Crippen LogP contribution in [-0.2, 0) is 19.6 Å². The van der Waals surface area contributed by atoms with Crippen molar-refractivity contribution in [1.82, 2.24) is 4.31 Å². The van der Waals surface area contributed by atoms with Gasteiger partial charge in [-0.15, -0.1) is 0 Å². The third-order valence-electron chi connectivity index (χ3n) is 7.20. The fourth-order valence-corrected chi connectivity index (χ4v) is 7.63. The molecular weight excluding hydrogens is 450 g/mol. The Hall–Kier alpha value is -3.02. The lowest BCUT2D eigenvalue weighted by Gasteiger charge is -2.33. The van der Waals surface area contributed by atoms with Gasteiger partial charge in [-0.05, 0) is 87.1 Å². The second-order valence-corrected chi connectivity index (χ2v) is 11.1. The van der Waals surface area contributed by atoms with Crippen LogP contribution in [0.1, 0.15) is 59.9 Å². The fraction of sp³-hybridized carbons (Fsp3) is 0.423. The van der Waals surface area contributed by atoms with Gasteiger partial charge in [0.15, 0.2) is 0 Å². The summed E-state index contributed by atoms with van der Waals surface area (Å²) in [6.07, 6.45) is 2.90. The molecular formula is C26H29N3O4S. The number of anilines is 1. The summed E-state index contributed by atoms with van der Waals surface area (Å²) in [5, 5.41) is 9.04. The number of benzene rings is 2. The Kier molecular flexibility index (Phi) is 6.36. The van der Waals surface area contributed by atoms with Crippen molar-refractivity contribution in [2.75, 3.05) is 4.90 Å². The van der Waals surface area contributed by atoms with Gasteiger partial charge in [-0.2, -0.15) is 9.57 Å². The summed E-state index contributed by atoms with van der Waals surface area (Å²) in [4.78, 5) is 27.9. The van der Waals surface area contributed by atoms with E-state index in [1.165, 1.54) is 16.4 Å². The zero-order valence-electron chi connectivity index (χ0n) is 20.0. The van der Waals surface area contributed by atoms with Crippen LogP contribution in [0.3, 0.4) is 0 Å². The van der Waals surface area contributed by atoms with Gasteiger partial charge in [0.2, 0.25) is 15.9 Å². The maximum absolute atomic E-state index is 14.2. The molecule has 8 heteroatoms. The van der Waals surface area contributed by atoms with E-state index in [2.05, 4.69) is 0 Å². The van der Waals surface area contributed by atoms with Crippen LogP contribution in [0.2, 0.25) is 0 Å². The summed E-state index contributed by atoms with van der Waals surface area (Å²) >= 11 is 0. The Labute approximate surface area is 201 Å². The van der Waals surface area contributed by atoms with Crippen molar-refractivity contribution in [2.45, 2.75) is 76.8 Å². The molecule has 0 spiro atoms. The van der Waals surface area contributed by atoms with Crippen LogP contribution in [0.4, 0.5) is 5.69 Å². The molecule has 34 heavy (non-hydrogen) atoms. The SMILES string of the molecule is Cc1cc(C)c(C)c(S(=O)(=O)N(C2CCCC2)C2CC(=O)N(c3ccc(C#N)cc3)C2=O)c1C. The number of carbonyl (C=O) groups is 2.